The van der Waals surface area contributed by atoms with Crippen LogP contribution >= 0.6 is 15.9 Å². The lowest BCUT2D eigenvalue weighted by molar-refractivity contribution is -0.123. The highest BCUT2D eigenvalue weighted by atomic mass is 79.9. The van der Waals surface area contributed by atoms with Crippen molar-refractivity contribution in [2.45, 2.75) is 0 Å². The number of nitrogens with one attached hydrogen (secondary N) is 1. The van der Waals surface area contributed by atoms with Gasteiger partial charge in [0.1, 0.15) is 5.75 Å². The molecule has 0 saturated carbocycles. The molecule has 0 aliphatic rings. The first-order valence-electron chi connectivity index (χ1n) is 6.94. The lowest BCUT2D eigenvalue weighted by atomic mass is 10.1. The minimum Gasteiger partial charge on any atom is -0.483 e. The quantitative estimate of drug-likeness (QED) is 0.768. The van der Waals surface area contributed by atoms with E-state index >= 15 is 0 Å². The van der Waals surface area contributed by atoms with Crippen molar-refractivity contribution in [3.8, 4) is 16.9 Å². The van der Waals surface area contributed by atoms with Crippen LogP contribution in [0, 0.1) is 0 Å². The number of carbonyl (C=O) groups excluding carboxylic acids is 1. The Labute approximate surface area is 138 Å². The summed E-state index contributed by atoms with van der Waals surface area (Å²) >= 11 is 3.48. The molecule has 0 heterocycles. The van der Waals surface area contributed by atoms with E-state index in [-0.39, 0.29) is 12.5 Å². The zero-order valence-corrected chi connectivity index (χ0v) is 13.9. The standard InChI is InChI=1S/C17H18BrNO3/c1-21-10-9-19-17(20)12-22-16-8-7-14(11-15(16)18)13-5-3-2-4-6-13/h2-8,11H,9-10,12H2,1H3,(H,19,20). The minimum atomic E-state index is -0.170. The molecule has 1 amide bonds. The van der Waals surface area contributed by atoms with Gasteiger partial charge in [-0.15, -0.1) is 0 Å². The summed E-state index contributed by atoms with van der Waals surface area (Å²) in [5.41, 5.74) is 2.22. The van der Waals surface area contributed by atoms with Gasteiger partial charge in [-0.25, -0.2) is 0 Å². The molecule has 116 valence electrons. The summed E-state index contributed by atoms with van der Waals surface area (Å²) < 4.78 is 11.2. The Bertz CT molecular complexity index is 617. The van der Waals surface area contributed by atoms with Gasteiger partial charge in [-0.05, 0) is 39.2 Å². The molecule has 5 heteroatoms. The number of hydrogen-bond donors (Lipinski definition) is 1. The molecule has 2 rings (SSSR count). The van der Waals surface area contributed by atoms with E-state index in [0.717, 1.165) is 15.6 Å². The Balaban J connectivity index is 1.94. The molecule has 0 spiro atoms. The Kier molecular flexibility index (Phi) is 6.43. The van der Waals surface area contributed by atoms with Gasteiger partial charge in [0, 0.05) is 13.7 Å². The van der Waals surface area contributed by atoms with E-state index in [1.54, 1.807) is 7.11 Å². The van der Waals surface area contributed by atoms with Crippen LogP contribution in [0.1, 0.15) is 0 Å². The molecule has 0 saturated heterocycles. The van der Waals surface area contributed by atoms with Gasteiger partial charge in [0.2, 0.25) is 0 Å². The molecule has 0 bridgehead atoms. The van der Waals surface area contributed by atoms with Gasteiger partial charge in [0.05, 0.1) is 11.1 Å². The summed E-state index contributed by atoms with van der Waals surface area (Å²) in [5, 5.41) is 2.71. The molecule has 0 aliphatic heterocycles. The van der Waals surface area contributed by atoms with Crippen LogP contribution in [0.3, 0.4) is 0 Å². The number of carbonyl (C=O) groups is 1. The van der Waals surface area contributed by atoms with Crippen molar-refractivity contribution in [2.24, 2.45) is 0 Å². The summed E-state index contributed by atoms with van der Waals surface area (Å²) in [6.45, 7) is 0.945. The second kappa shape index (κ2) is 8.56. The molecule has 2 aromatic rings. The van der Waals surface area contributed by atoms with E-state index < -0.39 is 0 Å². The van der Waals surface area contributed by atoms with Gasteiger partial charge < -0.3 is 14.8 Å². The van der Waals surface area contributed by atoms with Crippen molar-refractivity contribution < 1.29 is 14.3 Å². The van der Waals surface area contributed by atoms with E-state index in [1.165, 1.54) is 0 Å². The van der Waals surface area contributed by atoms with Crippen LogP contribution in [-0.4, -0.2) is 32.8 Å². The summed E-state index contributed by atoms with van der Waals surface area (Å²) in [5.74, 6) is 0.470. The summed E-state index contributed by atoms with van der Waals surface area (Å²) in [6, 6.07) is 15.9. The Morgan fingerprint density at radius 2 is 1.91 bits per heavy atom. The molecule has 1 N–H and O–H groups in total. The summed E-state index contributed by atoms with van der Waals surface area (Å²) in [6.07, 6.45) is 0. The number of benzene rings is 2. The van der Waals surface area contributed by atoms with Gasteiger partial charge >= 0.3 is 0 Å². The monoisotopic (exact) mass is 363 g/mol. The molecule has 0 atom stereocenters. The molecule has 0 aliphatic carbocycles. The number of methoxy groups -OCH3 is 1. The van der Waals surface area contributed by atoms with Crippen LogP contribution in [-0.2, 0) is 9.53 Å². The van der Waals surface area contributed by atoms with Gasteiger partial charge in [-0.3, -0.25) is 4.79 Å². The third kappa shape index (κ3) is 4.86. The zero-order chi connectivity index (χ0) is 15.8. The van der Waals surface area contributed by atoms with Gasteiger partial charge in [-0.2, -0.15) is 0 Å². The number of rotatable bonds is 7. The lowest BCUT2D eigenvalue weighted by Gasteiger charge is -2.10. The normalized spacial score (nSPS) is 10.3. The third-order valence-electron chi connectivity index (χ3n) is 3.03. The highest BCUT2D eigenvalue weighted by molar-refractivity contribution is 9.10. The molecule has 22 heavy (non-hydrogen) atoms. The van der Waals surface area contributed by atoms with Crippen LogP contribution in [0.15, 0.2) is 53.0 Å². The molecular formula is C17H18BrNO3. The number of amides is 1. The van der Waals surface area contributed by atoms with Crippen LogP contribution in [0.2, 0.25) is 0 Å². The predicted octanol–water partition coefficient (Wildman–Crippen LogP) is 3.26. The van der Waals surface area contributed by atoms with E-state index in [4.69, 9.17) is 9.47 Å². The predicted molar refractivity (Wildman–Crippen MR) is 90.0 cm³/mol. The zero-order valence-electron chi connectivity index (χ0n) is 12.3. The first-order valence-corrected chi connectivity index (χ1v) is 7.73. The van der Waals surface area contributed by atoms with Gasteiger partial charge in [-0.1, -0.05) is 36.4 Å². The molecule has 0 unspecified atom stereocenters. The van der Waals surface area contributed by atoms with Crippen molar-refractivity contribution in [3.63, 3.8) is 0 Å². The highest BCUT2D eigenvalue weighted by Crippen LogP contribution is 2.30. The van der Waals surface area contributed by atoms with Gasteiger partial charge in [0.25, 0.3) is 5.91 Å². The summed E-state index contributed by atoms with van der Waals surface area (Å²) in [7, 11) is 1.59. The van der Waals surface area contributed by atoms with Crippen molar-refractivity contribution >= 4 is 21.8 Å². The smallest absolute Gasteiger partial charge is 0.258 e. The second-order valence-corrected chi connectivity index (χ2v) is 5.50. The molecular weight excluding hydrogens is 346 g/mol. The maximum absolute atomic E-state index is 11.6. The van der Waals surface area contributed by atoms with E-state index in [0.29, 0.717) is 18.9 Å². The van der Waals surface area contributed by atoms with Crippen LogP contribution in [0.5, 0.6) is 5.75 Å². The Hall–Kier alpha value is -1.85. The molecule has 4 nitrogen and oxygen atoms in total. The molecule has 0 fully saturated rings. The van der Waals surface area contributed by atoms with Gasteiger partial charge in [0.15, 0.2) is 6.61 Å². The summed E-state index contributed by atoms with van der Waals surface area (Å²) in [4.78, 5) is 11.6. The van der Waals surface area contributed by atoms with E-state index in [2.05, 4.69) is 21.2 Å². The molecule has 0 radical (unpaired) electrons. The van der Waals surface area contributed by atoms with Crippen LogP contribution in [0.25, 0.3) is 11.1 Å². The first-order chi connectivity index (χ1) is 10.7. The topological polar surface area (TPSA) is 47.6 Å². The van der Waals surface area contributed by atoms with Crippen LogP contribution in [0.4, 0.5) is 0 Å². The largest absolute Gasteiger partial charge is 0.483 e. The fourth-order valence-electron chi connectivity index (χ4n) is 1.91. The first kappa shape index (κ1) is 16.5. The second-order valence-electron chi connectivity index (χ2n) is 4.64. The number of hydrogen-bond acceptors (Lipinski definition) is 3. The van der Waals surface area contributed by atoms with Crippen molar-refractivity contribution in [3.05, 3.63) is 53.0 Å². The average Bonchev–Trinajstić information content (AvgIpc) is 2.55. The molecule has 2 aromatic carbocycles. The lowest BCUT2D eigenvalue weighted by Crippen LogP contribution is -2.31. The average molecular weight is 364 g/mol. The third-order valence-corrected chi connectivity index (χ3v) is 3.65. The highest BCUT2D eigenvalue weighted by Gasteiger charge is 2.07. The maximum atomic E-state index is 11.6. The van der Waals surface area contributed by atoms with Crippen molar-refractivity contribution in [1.82, 2.24) is 5.32 Å². The SMILES string of the molecule is COCCNC(=O)COc1ccc(-c2ccccc2)cc1Br. The Morgan fingerprint density at radius 1 is 1.14 bits per heavy atom. The van der Waals surface area contributed by atoms with Crippen molar-refractivity contribution in [1.29, 1.82) is 0 Å². The minimum absolute atomic E-state index is 0.0208. The fraction of sp³-hybridized carbons (Fsp3) is 0.235. The van der Waals surface area contributed by atoms with Crippen molar-refractivity contribution in [2.75, 3.05) is 26.9 Å². The molecule has 0 aromatic heterocycles. The van der Waals surface area contributed by atoms with E-state index in [9.17, 15) is 4.79 Å². The number of halogens is 1. The van der Waals surface area contributed by atoms with E-state index in [1.807, 2.05) is 48.5 Å². The maximum Gasteiger partial charge on any atom is 0.258 e. The van der Waals surface area contributed by atoms with Crippen LogP contribution < -0.4 is 10.1 Å². The Morgan fingerprint density at radius 3 is 2.59 bits per heavy atom. The number of ether oxygens (including phenoxy) is 2. The fourth-order valence-corrected chi connectivity index (χ4v) is 2.41.